The third kappa shape index (κ3) is 2.35. The number of likely N-dealkylation sites (N-methyl/N-ethyl adjacent to an activating group) is 1. The van der Waals surface area contributed by atoms with Gasteiger partial charge >= 0.3 is 12.0 Å². The Labute approximate surface area is 163 Å². The number of hydrogen-bond acceptors (Lipinski definition) is 5. The highest BCUT2D eigenvalue weighted by atomic mass is 16.6. The van der Waals surface area contributed by atoms with Crippen LogP contribution in [0.15, 0.2) is 42.0 Å². The van der Waals surface area contributed by atoms with Gasteiger partial charge in [0.05, 0.1) is 25.3 Å². The minimum absolute atomic E-state index is 0.129. The first-order valence-electron chi connectivity index (χ1n) is 9.40. The van der Waals surface area contributed by atoms with Crippen LogP contribution >= 0.6 is 0 Å². The van der Waals surface area contributed by atoms with Crippen molar-refractivity contribution < 1.29 is 23.9 Å². The van der Waals surface area contributed by atoms with E-state index in [0.29, 0.717) is 5.57 Å². The molecule has 3 aliphatic rings. The van der Waals surface area contributed by atoms with Crippen LogP contribution in [0.1, 0.15) is 31.9 Å². The Morgan fingerprint density at radius 2 is 1.93 bits per heavy atom. The highest BCUT2D eigenvalue weighted by Crippen LogP contribution is 2.47. The summed E-state index contributed by atoms with van der Waals surface area (Å²) in [5.41, 5.74) is -0.0770. The fourth-order valence-electron chi connectivity index (χ4n) is 4.79. The van der Waals surface area contributed by atoms with E-state index in [1.54, 1.807) is 24.9 Å². The molecule has 7 nitrogen and oxygen atoms in total. The number of Topliss-reactive ketones (excluding diaryl/α,β-unsaturated/α-hetero) is 1. The topological polar surface area (TPSA) is 76.1 Å². The van der Waals surface area contributed by atoms with Crippen molar-refractivity contribution in [2.75, 3.05) is 14.2 Å². The summed E-state index contributed by atoms with van der Waals surface area (Å²) < 4.78 is 11.1. The summed E-state index contributed by atoms with van der Waals surface area (Å²) in [6.45, 7) is 3.70. The number of esters is 1. The predicted octanol–water partition coefficient (Wildman–Crippen LogP) is 2.08. The van der Waals surface area contributed by atoms with Crippen molar-refractivity contribution in [1.82, 2.24) is 9.80 Å². The maximum atomic E-state index is 13.3. The van der Waals surface area contributed by atoms with Gasteiger partial charge in [-0.25, -0.2) is 9.59 Å². The van der Waals surface area contributed by atoms with Gasteiger partial charge in [-0.1, -0.05) is 36.4 Å². The Bertz CT molecular complexity index is 867. The van der Waals surface area contributed by atoms with Crippen LogP contribution in [0.25, 0.3) is 0 Å². The fraction of sp³-hybridized carbons (Fsp3) is 0.476. The summed E-state index contributed by atoms with van der Waals surface area (Å²) in [6, 6.07) is 7.62. The van der Waals surface area contributed by atoms with Crippen LogP contribution in [-0.4, -0.2) is 65.5 Å². The van der Waals surface area contributed by atoms with E-state index in [1.165, 1.54) is 12.0 Å². The molecule has 4 rings (SSSR count). The summed E-state index contributed by atoms with van der Waals surface area (Å²) >= 11 is 0. The molecule has 2 saturated heterocycles. The van der Waals surface area contributed by atoms with Gasteiger partial charge in [0.15, 0.2) is 5.78 Å². The Hall–Kier alpha value is -2.67. The van der Waals surface area contributed by atoms with Crippen molar-refractivity contribution in [1.29, 1.82) is 0 Å². The second-order valence-electron chi connectivity index (χ2n) is 7.70. The van der Waals surface area contributed by atoms with Gasteiger partial charge in [0.25, 0.3) is 0 Å². The van der Waals surface area contributed by atoms with E-state index < -0.39 is 23.7 Å². The molecule has 0 radical (unpaired) electrons. The summed E-state index contributed by atoms with van der Waals surface area (Å²) in [5.74, 6) is -0.838. The molecule has 1 aromatic carbocycles. The molecule has 0 N–H and O–H groups in total. The Kier molecular flexibility index (Phi) is 4.30. The lowest BCUT2D eigenvalue weighted by Gasteiger charge is -2.44. The molecule has 0 aliphatic carbocycles. The number of urea groups is 1. The van der Waals surface area contributed by atoms with Crippen LogP contribution < -0.4 is 0 Å². The molecule has 5 atom stereocenters. The number of nitrogens with zero attached hydrogens (tertiary/aromatic N) is 2. The molecular weight excluding hydrogens is 360 g/mol. The Morgan fingerprint density at radius 1 is 1.25 bits per heavy atom. The first-order valence-corrected chi connectivity index (χ1v) is 9.40. The third-order valence-electron chi connectivity index (χ3n) is 6.25. The van der Waals surface area contributed by atoms with Gasteiger partial charge in [0.2, 0.25) is 5.60 Å². The summed E-state index contributed by atoms with van der Waals surface area (Å²) in [5, 5.41) is 0. The third-order valence-corrected chi connectivity index (χ3v) is 6.25. The molecule has 0 saturated carbocycles. The minimum Gasteiger partial charge on any atom is -0.467 e. The molecule has 3 aliphatic heterocycles. The van der Waals surface area contributed by atoms with E-state index in [-0.39, 0.29) is 30.3 Å². The summed E-state index contributed by atoms with van der Waals surface area (Å²) in [7, 11) is 2.98. The van der Waals surface area contributed by atoms with Crippen LogP contribution in [0.2, 0.25) is 0 Å². The van der Waals surface area contributed by atoms with Gasteiger partial charge in [0, 0.05) is 13.5 Å². The quantitative estimate of drug-likeness (QED) is 0.589. The molecule has 0 aromatic heterocycles. The Balaban J connectivity index is 1.88. The standard InChI is InChI=1S/C21H24N2O5/c1-12-10-15-11-16(24)18(21(12,28-15)19(25)27-4)23-17(13(2)22(3)20(23)26)14-8-6-5-7-9-14/h5-10,13,15,17-18H,11H2,1-4H3. The second-order valence-corrected chi connectivity index (χ2v) is 7.70. The van der Waals surface area contributed by atoms with Crippen molar-refractivity contribution in [2.24, 2.45) is 0 Å². The molecule has 0 spiro atoms. The summed E-state index contributed by atoms with van der Waals surface area (Å²) in [6.07, 6.45) is 1.45. The van der Waals surface area contributed by atoms with E-state index in [2.05, 4.69) is 0 Å². The molecule has 28 heavy (non-hydrogen) atoms. The number of carbonyl (C=O) groups excluding carboxylic acids is 3. The lowest BCUT2D eigenvalue weighted by atomic mass is 9.82. The molecule has 2 bridgehead atoms. The largest absolute Gasteiger partial charge is 0.467 e. The fourth-order valence-corrected chi connectivity index (χ4v) is 4.79. The van der Waals surface area contributed by atoms with E-state index in [1.807, 2.05) is 37.3 Å². The number of methoxy groups -OCH3 is 1. The molecule has 2 amide bonds. The second kappa shape index (κ2) is 6.44. The number of hydrogen-bond donors (Lipinski definition) is 0. The average Bonchev–Trinajstić information content (AvgIpc) is 3.08. The number of amides is 2. The first kappa shape index (κ1) is 18.7. The molecule has 7 heteroatoms. The SMILES string of the molecule is COC(=O)C12OC(C=C1C)CC(=O)C2N1C(=O)N(C)C(C)C1c1ccccc1. The molecular formula is C21H24N2O5. The van der Waals surface area contributed by atoms with Crippen LogP contribution in [0, 0.1) is 0 Å². The molecule has 2 fully saturated rings. The van der Waals surface area contributed by atoms with E-state index in [0.717, 1.165) is 5.56 Å². The number of ether oxygens (including phenoxy) is 2. The van der Waals surface area contributed by atoms with Gasteiger partial charge < -0.3 is 19.3 Å². The zero-order valence-corrected chi connectivity index (χ0v) is 16.4. The van der Waals surface area contributed by atoms with Gasteiger partial charge in [-0.3, -0.25) is 4.79 Å². The molecule has 3 heterocycles. The number of benzene rings is 1. The van der Waals surface area contributed by atoms with E-state index in [9.17, 15) is 14.4 Å². The predicted molar refractivity (Wildman–Crippen MR) is 100 cm³/mol. The lowest BCUT2D eigenvalue weighted by molar-refractivity contribution is -0.184. The monoisotopic (exact) mass is 384 g/mol. The first-order chi connectivity index (χ1) is 13.3. The van der Waals surface area contributed by atoms with Crippen LogP contribution in [0.5, 0.6) is 0 Å². The van der Waals surface area contributed by atoms with Gasteiger partial charge in [-0.2, -0.15) is 0 Å². The van der Waals surface area contributed by atoms with Gasteiger partial charge in [-0.05, 0) is 25.0 Å². The number of ketones is 1. The molecule has 5 unspecified atom stereocenters. The number of carbonyl (C=O) groups is 3. The minimum atomic E-state index is -1.59. The highest BCUT2D eigenvalue weighted by Gasteiger charge is 2.65. The van der Waals surface area contributed by atoms with Crippen LogP contribution in [0.3, 0.4) is 0 Å². The Morgan fingerprint density at radius 3 is 2.57 bits per heavy atom. The van der Waals surface area contributed by atoms with Crippen LogP contribution in [0.4, 0.5) is 4.79 Å². The van der Waals surface area contributed by atoms with Gasteiger partial charge in [0.1, 0.15) is 6.04 Å². The lowest BCUT2D eigenvalue weighted by Crippen LogP contribution is -2.66. The van der Waals surface area contributed by atoms with Crippen molar-refractivity contribution in [3.05, 3.63) is 47.5 Å². The zero-order chi connectivity index (χ0) is 20.2. The molecule has 1 aromatic rings. The van der Waals surface area contributed by atoms with Crippen molar-refractivity contribution in [2.45, 2.75) is 50.1 Å². The maximum Gasteiger partial charge on any atom is 0.345 e. The number of rotatable bonds is 3. The van der Waals surface area contributed by atoms with E-state index in [4.69, 9.17) is 9.47 Å². The zero-order valence-electron chi connectivity index (χ0n) is 16.4. The van der Waals surface area contributed by atoms with Crippen molar-refractivity contribution in [3.8, 4) is 0 Å². The average molecular weight is 384 g/mol. The van der Waals surface area contributed by atoms with E-state index >= 15 is 0 Å². The molecule has 148 valence electrons. The number of fused-ring (bicyclic) bond motifs is 2. The highest BCUT2D eigenvalue weighted by molar-refractivity contribution is 6.01. The maximum absolute atomic E-state index is 13.3. The van der Waals surface area contributed by atoms with Crippen molar-refractivity contribution in [3.63, 3.8) is 0 Å². The normalized spacial score (nSPS) is 34.6. The smallest absolute Gasteiger partial charge is 0.345 e. The van der Waals surface area contributed by atoms with Gasteiger partial charge in [-0.15, -0.1) is 0 Å². The van der Waals surface area contributed by atoms with Crippen LogP contribution in [-0.2, 0) is 19.1 Å². The summed E-state index contributed by atoms with van der Waals surface area (Å²) in [4.78, 5) is 42.5. The van der Waals surface area contributed by atoms with Crippen molar-refractivity contribution >= 4 is 17.8 Å².